The van der Waals surface area contributed by atoms with Crippen molar-refractivity contribution in [3.63, 3.8) is 0 Å². The first-order valence-electron chi connectivity index (χ1n) is 8.18. The van der Waals surface area contributed by atoms with Gasteiger partial charge < -0.3 is 10.6 Å². The first-order chi connectivity index (χ1) is 12.5. The number of carbonyl (C=O) groups excluding carboxylic acids is 2. The van der Waals surface area contributed by atoms with Crippen LogP contribution < -0.4 is 10.6 Å². The van der Waals surface area contributed by atoms with E-state index in [4.69, 9.17) is 17.3 Å². The Hall–Kier alpha value is -2.92. The molecule has 0 aliphatic heterocycles. The van der Waals surface area contributed by atoms with E-state index in [1.165, 1.54) is 4.90 Å². The lowest BCUT2D eigenvalue weighted by molar-refractivity contribution is -0.117. The minimum atomic E-state index is -0.472. The van der Waals surface area contributed by atoms with Crippen LogP contribution in [0.5, 0.6) is 0 Å². The van der Waals surface area contributed by atoms with Crippen molar-refractivity contribution in [2.45, 2.75) is 13.3 Å². The van der Waals surface area contributed by atoms with Gasteiger partial charge in [0.05, 0.1) is 0 Å². The van der Waals surface area contributed by atoms with Crippen LogP contribution in [0.4, 0.5) is 5.69 Å². The molecule has 1 heterocycles. The van der Waals surface area contributed by atoms with Crippen molar-refractivity contribution in [3.8, 4) is 0 Å². The fourth-order valence-corrected chi connectivity index (χ4v) is 3.03. The Morgan fingerprint density at radius 2 is 1.88 bits per heavy atom. The van der Waals surface area contributed by atoms with Crippen molar-refractivity contribution in [3.05, 3.63) is 71.0 Å². The Morgan fingerprint density at radius 3 is 2.62 bits per heavy atom. The van der Waals surface area contributed by atoms with E-state index in [9.17, 15) is 9.59 Å². The number of fused-ring (bicyclic) bond motifs is 1. The van der Waals surface area contributed by atoms with E-state index in [0.29, 0.717) is 5.69 Å². The summed E-state index contributed by atoms with van der Waals surface area (Å²) in [5, 5.41) is 1.88. The van der Waals surface area contributed by atoms with Gasteiger partial charge in [-0.2, -0.15) is 0 Å². The molecule has 0 saturated heterocycles. The number of amides is 2. The molecule has 3 rings (SSSR count). The molecule has 3 aromatic rings. The maximum absolute atomic E-state index is 13.1. The Bertz CT molecular complexity index is 988. The van der Waals surface area contributed by atoms with Crippen molar-refractivity contribution >= 4 is 39.9 Å². The topological polar surface area (TPSA) is 76.3 Å². The van der Waals surface area contributed by atoms with Crippen LogP contribution in [-0.4, -0.2) is 23.3 Å². The number of rotatable bonds is 5. The maximum Gasteiger partial charge on any atom is 0.276 e. The second kappa shape index (κ2) is 7.54. The number of primary amides is 1. The summed E-state index contributed by atoms with van der Waals surface area (Å²) in [6.07, 6.45) is 0.0565. The summed E-state index contributed by atoms with van der Waals surface area (Å²) in [7, 11) is 0. The van der Waals surface area contributed by atoms with Gasteiger partial charge in [0.25, 0.3) is 5.91 Å². The molecule has 26 heavy (non-hydrogen) atoms. The fraction of sp³-hybridized carbons (Fsp3) is 0.150. The number of anilines is 1. The molecule has 0 aliphatic carbocycles. The highest BCUT2D eigenvalue weighted by Crippen LogP contribution is 2.25. The highest BCUT2D eigenvalue weighted by Gasteiger charge is 2.21. The van der Waals surface area contributed by atoms with E-state index in [0.717, 1.165) is 16.3 Å². The van der Waals surface area contributed by atoms with Gasteiger partial charge in [0.1, 0.15) is 10.8 Å². The largest absolute Gasteiger partial charge is 0.370 e. The predicted molar refractivity (Wildman–Crippen MR) is 103 cm³/mol. The zero-order chi connectivity index (χ0) is 18.7. The lowest BCUT2D eigenvalue weighted by Crippen LogP contribution is -2.34. The third-order valence-corrected chi connectivity index (χ3v) is 4.34. The molecule has 0 aliphatic rings. The Kier molecular flexibility index (Phi) is 5.19. The molecule has 0 atom stereocenters. The molecular weight excluding hydrogens is 350 g/mol. The number of hydrogen-bond donors (Lipinski definition) is 1. The average molecular weight is 368 g/mol. The number of carbonyl (C=O) groups is 2. The summed E-state index contributed by atoms with van der Waals surface area (Å²) in [6, 6.07) is 16.7. The molecule has 0 bridgehead atoms. The zero-order valence-electron chi connectivity index (χ0n) is 14.3. The first-order valence-corrected chi connectivity index (χ1v) is 8.55. The van der Waals surface area contributed by atoms with Crippen LogP contribution in [0.2, 0.25) is 5.15 Å². The number of nitrogens with zero attached hydrogens (tertiary/aromatic N) is 2. The second-order valence-electron chi connectivity index (χ2n) is 6.03. The third kappa shape index (κ3) is 3.83. The van der Waals surface area contributed by atoms with Crippen molar-refractivity contribution in [1.82, 2.24) is 4.98 Å². The molecule has 1 aromatic heterocycles. The normalized spacial score (nSPS) is 10.7. The van der Waals surface area contributed by atoms with Gasteiger partial charge in [-0.25, -0.2) is 4.98 Å². The minimum absolute atomic E-state index is 0.0565. The maximum atomic E-state index is 13.1. The van der Waals surface area contributed by atoms with Gasteiger partial charge in [-0.3, -0.25) is 9.59 Å². The third-order valence-electron chi connectivity index (χ3n) is 4.05. The van der Waals surface area contributed by atoms with Crippen molar-refractivity contribution in [2.75, 3.05) is 11.4 Å². The van der Waals surface area contributed by atoms with Crippen LogP contribution >= 0.6 is 11.6 Å². The van der Waals surface area contributed by atoms with Gasteiger partial charge in [-0.1, -0.05) is 48.0 Å². The number of nitrogens with two attached hydrogens (primary N) is 1. The van der Waals surface area contributed by atoms with Gasteiger partial charge in [0, 0.05) is 24.0 Å². The highest BCUT2D eigenvalue weighted by atomic mass is 35.5. The minimum Gasteiger partial charge on any atom is -0.370 e. The average Bonchev–Trinajstić information content (AvgIpc) is 2.61. The summed E-state index contributed by atoms with van der Waals surface area (Å²) >= 11 is 6.25. The van der Waals surface area contributed by atoms with Crippen LogP contribution in [0, 0.1) is 6.92 Å². The van der Waals surface area contributed by atoms with Crippen molar-refractivity contribution < 1.29 is 9.59 Å². The summed E-state index contributed by atoms with van der Waals surface area (Å²) in [5.74, 6) is -0.801. The molecule has 0 saturated carbocycles. The number of benzene rings is 2. The summed E-state index contributed by atoms with van der Waals surface area (Å²) in [4.78, 5) is 30.1. The molecule has 2 aromatic carbocycles. The summed E-state index contributed by atoms with van der Waals surface area (Å²) in [5.41, 5.74) is 7.18. The van der Waals surface area contributed by atoms with Crippen LogP contribution in [0.3, 0.4) is 0 Å². The molecule has 0 spiro atoms. The van der Waals surface area contributed by atoms with E-state index in [1.807, 2.05) is 55.5 Å². The van der Waals surface area contributed by atoms with Crippen LogP contribution in [-0.2, 0) is 4.79 Å². The first kappa shape index (κ1) is 17.9. The van der Waals surface area contributed by atoms with E-state index in [-0.39, 0.29) is 29.7 Å². The monoisotopic (exact) mass is 367 g/mol. The number of halogens is 1. The summed E-state index contributed by atoms with van der Waals surface area (Å²) in [6.45, 7) is 2.11. The lowest BCUT2D eigenvalue weighted by atomic mass is 10.1. The molecule has 2 N–H and O–H groups in total. The van der Waals surface area contributed by atoms with E-state index < -0.39 is 5.91 Å². The van der Waals surface area contributed by atoms with E-state index in [2.05, 4.69) is 4.98 Å². The zero-order valence-corrected chi connectivity index (χ0v) is 15.0. The van der Waals surface area contributed by atoms with Crippen molar-refractivity contribution in [2.24, 2.45) is 5.73 Å². The van der Waals surface area contributed by atoms with Crippen molar-refractivity contribution in [1.29, 1.82) is 0 Å². The van der Waals surface area contributed by atoms with Gasteiger partial charge in [0.2, 0.25) is 5.91 Å². The van der Waals surface area contributed by atoms with Gasteiger partial charge >= 0.3 is 0 Å². The predicted octanol–water partition coefficient (Wildman–Crippen LogP) is 3.72. The number of aryl methyl sites for hydroxylation is 1. The van der Waals surface area contributed by atoms with Gasteiger partial charge in [-0.15, -0.1) is 0 Å². The van der Waals surface area contributed by atoms with E-state index in [1.54, 1.807) is 6.07 Å². The van der Waals surface area contributed by atoms with Gasteiger partial charge in [0.15, 0.2) is 0 Å². The Morgan fingerprint density at radius 1 is 1.12 bits per heavy atom. The molecule has 0 radical (unpaired) electrons. The van der Waals surface area contributed by atoms with Gasteiger partial charge in [-0.05, 0) is 36.1 Å². The number of aromatic nitrogens is 1. The lowest BCUT2D eigenvalue weighted by Gasteiger charge is -2.22. The van der Waals surface area contributed by atoms with E-state index >= 15 is 0 Å². The number of hydrogen-bond acceptors (Lipinski definition) is 3. The molecular formula is C20H18ClN3O2. The second-order valence-corrected chi connectivity index (χ2v) is 6.39. The molecule has 2 amide bonds. The Balaban J connectivity index is 2.03. The molecule has 6 heteroatoms. The smallest absolute Gasteiger partial charge is 0.276 e. The molecule has 0 fully saturated rings. The fourth-order valence-electron chi connectivity index (χ4n) is 2.77. The standard InChI is InChI=1S/C20H18ClN3O2/c1-13-5-4-7-15(11-13)24(10-9-18(22)25)20(26)17-12-14-6-2-3-8-16(14)19(21)23-17/h2-8,11-12H,9-10H2,1H3,(H2,22,25). The molecule has 5 nitrogen and oxygen atoms in total. The van der Waals surface area contributed by atoms with Crippen LogP contribution in [0.1, 0.15) is 22.5 Å². The highest BCUT2D eigenvalue weighted by molar-refractivity contribution is 6.34. The SMILES string of the molecule is Cc1cccc(N(CCC(N)=O)C(=O)c2cc3ccccc3c(Cl)n2)c1. The Labute approximate surface area is 156 Å². The summed E-state index contributed by atoms with van der Waals surface area (Å²) < 4.78 is 0. The molecule has 132 valence electrons. The van der Waals surface area contributed by atoms with Crippen LogP contribution in [0.25, 0.3) is 10.8 Å². The molecule has 0 unspecified atom stereocenters. The quantitative estimate of drug-likeness (QED) is 0.698. The number of pyridine rings is 1. The van der Waals surface area contributed by atoms with Crippen LogP contribution in [0.15, 0.2) is 54.6 Å².